The average molecular weight is 287 g/mol. The lowest BCUT2D eigenvalue weighted by Gasteiger charge is -2.10. The molecule has 0 heterocycles. The van der Waals surface area contributed by atoms with Gasteiger partial charge in [-0.15, -0.1) is 0 Å². The first kappa shape index (κ1) is 15.0. The second kappa shape index (κ2) is 6.85. The first-order valence-corrected chi connectivity index (χ1v) is 6.72. The molecule has 0 radical (unpaired) electrons. The zero-order valence-electron chi connectivity index (χ0n) is 11.8. The molecule has 2 aromatic carbocycles. The molecule has 2 aromatic rings. The van der Waals surface area contributed by atoms with E-state index in [-0.39, 0.29) is 12.3 Å². The van der Waals surface area contributed by atoms with Crippen LogP contribution in [-0.4, -0.2) is 10.0 Å². The highest BCUT2D eigenvalue weighted by atomic mass is 16.6. The second-order valence-corrected chi connectivity index (χ2v) is 4.67. The van der Waals surface area contributed by atoms with E-state index in [1.165, 1.54) is 23.8 Å². The van der Waals surface area contributed by atoms with Gasteiger partial charge >= 0.3 is 0 Å². The Kier molecular flexibility index (Phi) is 4.90. The number of nitro groups is 1. The Morgan fingerprint density at radius 3 is 2.38 bits per heavy atom. The lowest BCUT2D eigenvalue weighted by Crippen LogP contribution is -2.00. The van der Waals surface area contributed by atoms with Crippen molar-refractivity contribution in [2.75, 3.05) is 0 Å². The lowest BCUT2D eigenvalue weighted by molar-refractivity contribution is -0.385. The highest BCUT2D eigenvalue weighted by Gasteiger charge is 2.11. The normalized spacial score (nSPS) is 10.4. The van der Waals surface area contributed by atoms with Crippen LogP contribution in [0.4, 0.5) is 5.69 Å². The lowest BCUT2D eigenvalue weighted by atomic mass is 10.1. The molecule has 0 saturated heterocycles. The Balaban J connectivity index is 2.09. The van der Waals surface area contributed by atoms with Crippen LogP contribution in [0.3, 0.4) is 0 Å². The van der Waals surface area contributed by atoms with Gasteiger partial charge in [0.2, 0.25) is 0 Å². The molecule has 2 rings (SSSR count). The summed E-state index contributed by atoms with van der Waals surface area (Å²) in [6.07, 6.45) is 0.984. The zero-order chi connectivity index (χ0) is 15.2. The molecule has 5 heteroatoms. The van der Waals surface area contributed by atoms with E-state index in [0.717, 1.165) is 12.0 Å². The summed E-state index contributed by atoms with van der Waals surface area (Å²) in [5.74, 6) is 0.461. The van der Waals surface area contributed by atoms with Gasteiger partial charge in [0.25, 0.3) is 5.69 Å². The number of rotatable bonds is 6. The van der Waals surface area contributed by atoms with E-state index in [1.807, 2.05) is 24.3 Å². The Labute approximate surface area is 123 Å². The molecule has 0 fully saturated rings. The second-order valence-electron chi connectivity index (χ2n) is 4.67. The van der Waals surface area contributed by atoms with Crippen LogP contribution in [0.2, 0.25) is 0 Å². The standard InChI is InChI=1S/C16H17NO4/c1-2-12-3-5-13(6-4-12)11-21-16-8-7-15(17(19)20)9-14(16)10-18/h3-9,18H,2,10-11H2,1H3. The van der Waals surface area contributed by atoms with E-state index < -0.39 is 4.92 Å². The predicted molar refractivity (Wildman–Crippen MR) is 79.2 cm³/mol. The summed E-state index contributed by atoms with van der Waals surface area (Å²) in [6, 6.07) is 12.3. The number of hydrogen-bond acceptors (Lipinski definition) is 4. The quantitative estimate of drug-likeness (QED) is 0.654. The van der Waals surface area contributed by atoms with Crippen LogP contribution in [0.25, 0.3) is 0 Å². The number of aliphatic hydroxyl groups excluding tert-OH is 1. The van der Waals surface area contributed by atoms with Gasteiger partial charge in [-0.05, 0) is 23.6 Å². The molecular formula is C16H17NO4. The monoisotopic (exact) mass is 287 g/mol. The summed E-state index contributed by atoms with van der Waals surface area (Å²) in [4.78, 5) is 10.2. The number of ether oxygens (including phenoxy) is 1. The zero-order valence-corrected chi connectivity index (χ0v) is 11.8. The molecule has 0 spiro atoms. The van der Waals surface area contributed by atoms with Gasteiger partial charge in [-0.3, -0.25) is 10.1 Å². The van der Waals surface area contributed by atoms with Gasteiger partial charge in [-0.25, -0.2) is 0 Å². The van der Waals surface area contributed by atoms with Gasteiger partial charge in [0.1, 0.15) is 12.4 Å². The van der Waals surface area contributed by atoms with Gasteiger partial charge in [0, 0.05) is 17.7 Å². The first-order valence-electron chi connectivity index (χ1n) is 6.72. The van der Waals surface area contributed by atoms with Crippen LogP contribution >= 0.6 is 0 Å². The maximum absolute atomic E-state index is 10.7. The Morgan fingerprint density at radius 2 is 1.81 bits per heavy atom. The largest absolute Gasteiger partial charge is 0.489 e. The number of aliphatic hydroxyl groups is 1. The van der Waals surface area contributed by atoms with Crippen LogP contribution in [0.1, 0.15) is 23.6 Å². The Hall–Kier alpha value is -2.40. The van der Waals surface area contributed by atoms with Crippen molar-refractivity contribution in [2.24, 2.45) is 0 Å². The molecule has 0 unspecified atom stereocenters. The van der Waals surface area contributed by atoms with E-state index in [4.69, 9.17) is 4.74 Å². The van der Waals surface area contributed by atoms with Crippen LogP contribution in [0.5, 0.6) is 5.75 Å². The van der Waals surface area contributed by atoms with Crippen LogP contribution in [-0.2, 0) is 19.6 Å². The number of hydrogen-bond donors (Lipinski definition) is 1. The molecule has 0 saturated carbocycles. The van der Waals surface area contributed by atoms with Crippen molar-refractivity contribution in [3.8, 4) is 5.75 Å². The molecule has 21 heavy (non-hydrogen) atoms. The van der Waals surface area contributed by atoms with Crippen molar-refractivity contribution in [2.45, 2.75) is 26.6 Å². The van der Waals surface area contributed by atoms with Gasteiger partial charge in [-0.1, -0.05) is 31.2 Å². The molecule has 1 N–H and O–H groups in total. The fourth-order valence-corrected chi connectivity index (χ4v) is 1.98. The third kappa shape index (κ3) is 3.79. The van der Waals surface area contributed by atoms with Crippen molar-refractivity contribution in [1.82, 2.24) is 0 Å². The third-order valence-electron chi connectivity index (χ3n) is 3.25. The summed E-state index contributed by atoms with van der Waals surface area (Å²) in [6.45, 7) is 2.15. The number of nitro benzene ring substituents is 1. The van der Waals surface area contributed by atoms with E-state index in [2.05, 4.69) is 6.92 Å². The SMILES string of the molecule is CCc1ccc(COc2ccc([N+](=O)[O-])cc2CO)cc1. The third-order valence-corrected chi connectivity index (χ3v) is 3.25. The van der Waals surface area contributed by atoms with E-state index >= 15 is 0 Å². The molecule has 0 aliphatic rings. The molecule has 0 aromatic heterocycles. The fourth-order valence-electron chi connectivity index (χ4n) is 1.98. The molecule has 0 aliphatic heterocycles. The Morgan fingerprint density at radius 1 is 1.14 bits per heavy atom. The van der Waals surface area contributed by atoms with Crippen LogP contribution in [0.15, 0.2) is 42.5 Å². The van der Waals surface area contributed by atoms with Crippen LogP contribution in [0, 0.1) is 10.1 Å². The highest BCUT2D eigenvalue weighted by Crippen LogP contribution is 2.25. The molecule has 0 bridgehead atoms. The van der Waals surface area contributed by atoms with Gasteiger partial charge in [0.15, 0.2) is 0 Å². The summed E-state index contributed by atoms with van der Waals surface area (Å²) in [5, 5.41) is 20.0. The minimum Gasteiger partial charge on any atom is -0.489 e. The van der Waals surface area contributed by atoms with Crippen LogP contribution < -0.4 is 4.74 Å². The van der Waals surface area contributed by atoms with E-state index in [1.54, 1.807) is 0 Å². The first-order chi connectivity index (χ1) is 10.1. The maximum Gasteiger partial charge on any atom is 0.270 e. The van der Waals surface area contributed by atoms with Crippen molar-refractivity contribution in [3.63, 3.8) is 0 Å². The Bertz CT molecular complexity index is 623. The van der Waals surface area contributed by atoms with E-state index in [0.29, 0.717) is 17.9 Å². The molecule has 5 nitrogen and oxygen atoms in total. The minimum absolute atomic E-state index is 0.0568. The summed E-state index contributed by atoms with van der Waals surface area (Å²) in [7, 11) is 0. The highest BCUT2D eigenvalue weighted by molar-refractivity contribution is 5.43. The number of non-ortho nitro benzene ring substituents is 1. The molecule has 0 aliphatic carbocycles. The van der Waals surface area contributed by atoms with Gasteiger partial charge in [-0.2, -0.15) is 0 Å². The van der Waals surface area contributed by atoms with Crippen molar-refractivity contribution < 1.29 is 14.8 Å². The van der Waals surface area contributed by atoms with Crippen molar-refractivity contribution in [3.05, 3.63) is 69.3 Å². The van der Waals surface area contributed by atoms with E-state index in [9.17, 15) is 15.2 Å². The summed E-state index contributed by atoms with van der Waals surface area (Å²) >= 11 is 0. The summed E-state index contributed by atoms with van der Waals surface area (Å²) in [5.41, 5.74) is 2.62. The number of aryl methyl sites for hydroxylation is 1. The average Bonchev–Trinajstić information content (AvgIpc) is 2.53. The predicted octanol–water partition coefficient (Wildman–Crippen LogP) is 3.23. The minimum atomic E-state index is -0.494. The summed E-state index contributed by atoms with van der Waals surface area (Å²) < 4.78 is 5.64. The molecule has 0 atom stereocenters. The van der Waals surface area contributed by atoms with Gasteiger partial charge in [0.05, 0.1) is 11.5 Å². The van der Waals surface area contributed by atoms with Gasteiger partial charge < -0.3 is 9.84 Å². The van der Waals surface area contributed by atoms with Crippen molar-refractivity contribution in [1.29, 1.82) is 0 Å². The molecule has 110 valence electrons. The number of nitrogens with zero attached hydrogens (tertiary/aromatic N) is 1. The molecular weight excluding hydrogens is 270 g/mol. The molecule has 0 amide bonds. The topological polar surface area (TPSA) is 72.6 Å². The maximum atomic E-state index is 10.7. The fraction of sp³-hybridized carbons (Fsp3) is 0.250. The smallest absolute Gasteiger partial charge is 0.270 e. The van der Waals surface area contributed by atoms with Crippen molar-refractivity contribution >= 4 is 5.69 Å². The number of benzene rings is 2.